The van der Waals surface area contributed by atoms with Crippen LogP contribution in [0.2, 0.25) is 0 Å². The number of nitrogens with zero attached hydrogens (tertiary/aromatic N) is 1. The van der Waals surface area contributed by atoms with Crippen LogP contribution in [0.3, 0.4) is 0 Å². The summed E-state index contributed by atoms with van der Waals surface area (Å²) in [7, 11) is -3.70. The van der Waals surface area contributed by atoms with Crippen molar-refractivity contribution in [1.82, 2.24) is 4.72 Å². The van der Waals surface area contributed by atoms with E-state index >= 15 is 0 Å². The summed E-state index contributed by atoms with van der Waals surface area (Å²) in [5.41, 5.74) is 0.422. The Morgan fingerprint density at radius 3 is 2.37 bits per heavy atom. The lowest BCUT2D eigenvalue weighted by Crippen LogP contribution is -2.48. The van der Waals surface area contributed by atoms with E-state index in [1.54, 1.807) is 26.0 Å². The van der Waals surface area contributed by atoms with E-state index < -0.39 is 15.6 Å². The third kappa shape index (κ3) is 3.34. The Morgan fingerprint density at radius 2 is 1.89 bits per heavy atom. The van der Waals surface area contributed by atoms with Gasteiger partial charge < -0.3 is 0 Å². The van der Waals surface area contributed by atoms with Crippen LogP contribution in [0.5, 0.6) is 0 Å². The first-order chi connectivity index (χ1) is 8.62. The molecule has 4 nitrogen and oxygen atoms in total. The zero-order valence-electron chi connectivity index (χ0n) is 12.0. The molecule has 0 fully saturated rings. The molecule has 1 rings (SSSR count). The average Bonchev–Trinajstić information content (AvgIpc) is 2.31. The van der Waals surface area contributed by atoms with Crippen molar-refractivity contribution in [3.63, 3.8) is 0 Å². The molecule has 1 N–H and O–H groups in total. The predicted molar refractivity (Wildman–Crippen MR) is 75.1 cm³/mol. The van der Waals surface area contributed by atoms with E-state index in [0.717, 1.165) is 5.56 Å². The first kappa shape index (κ1) is 15.7. The van der Waals surface area contributed by atoms with Crippen molar-refractivity contribution >= 4 is 10.0 Å². The first-order valence-corrected chi connectivity index (χ1v) is 7.63. The fourth-order valence-corrected chi connectivity index (χ4v) is 3.38. The van der Waals surface area contributed by atoms with Crippen LogP contribution in [0.1, 0.15) is 31.9 Å². The summed E-state index contributed by atoms with van der Waals surface area (Å²) in [4.78, 5) is 0.231. The van der Waals surface area contributed by atoms with Gasteiger partial charge in [0, 0.05) is 0 Å². The van der Waals surface area contributed by atoms with Crippen LogP contribution in [-0.4, -0.2) is 14.0 Å². The highest BCUT2D eigenvalue weighted by atomic mass is 32.2. The molecule has 1 aromatic rings. The first-order valence-electron chi connectivity index (χ1n) is 6.15. The number of aryl methyl sites for hydroxylation is 2. The van der Waals surface area contributed by atoms with E-state index in [2.05, 4.69) is 4.72 Å². The normalized spacial score (nSPS) is 15.0. The van der Waals surface area contributed by atoms with Gasteiger partial charge in [-0.15, -0.1) is 0 Å². The molecule has 0 aromatic heterocycles. The van der Waals surface area contributed by atoms with Gasteiger partial charge in [-0.2, -0.15) is 9.98 Å². The molecule has 104 valence electrons. The van der Waals surface area contributed by atoms with Gasteiger partial charge in [-0.3, -0.25) is 0 Å². The molecule has 1 aromatic carbocycles. The molecule has 0 unspecified atom stereocenters. The smallest absolute Gasteiger partial charge is 0.207 e. The molecule has 0 saturated carbocycles. The summed E-state index contributed by atoms with van der Waals surface area (Å²) in [6.07, 6.45) is 0. The quantitative estimate of drug-likeness (QED) is 0.921. The largest absolute Gasteiger partial charge is 0.242 e. The van der Waals surface area contributed by atoms with Gasteiger partial charge >= 0.3 is 0 Å². The SMILES string of the molecule is Cc1ccc(C)c(S(=O)(=O)N[C@](C)(C#N)C(C)C)c1. The highest BCUT2D eigenvalue weighted by Crippen LogP contribution is 2.22. The molecule has 0 bridgehead atoms. The van der Waals surface area contributed by atoms with Crippen LogP contribution in [0, 0.1) is 31.1 Å². The Labute approximate surface area is 115 Å². The molecular formula is C14H20N2O2S. The molecule has 0 amide bonds. The second-order valence-electron chi connectivity index (χ2n) is 5.34. The van der Waals surface area contributed by atoms with Gasteiger partial charge in [0.05, 0.1) is 11.0 Å². The van der Waals surface area contributed by atoms with Crippen LogP contribution in [0.4, 0.5) is 0 Å². The number of benzene rings is 1. The van der Waals surface area contributed by atoms with Crippen LogP contribution >= 0.6 is 0 Å². The van der Waals surface area contributed by atoms with Crippen LogP contribution < -0.4 is 4.72 Å². The Balaban J connectivity index is 3.27. The lowest BCUT2D eigenvalue weighted by Gasteiger charge is -2.27. The van der Waals surface area contributed by atoms with Gasteiger partial charge in [0.2, 0.25) is 10.0 Å². The number of nitrogens with one attached hydrogen (secondary N) is 1. The van der Waals surface area contributed by atoms with Gasteiger partial charge in [0.25, 0.3) is 0 Å². The summed E-state index contributed by atoms with van der Waals surface area (Å²) in [6, 6.07) is 7.30. The number of nitriles is 1. The van der Waals surface area contributed by atoms with Gasteiger partial charge in [0.15, 0.2) is 0 Å². The van der Waals surface area contributed by atoms with Crippen molar-refractivity contribution in [2.45, 2.75) is 45.1 Å². The third-order valence-electron chi connectivity index (χ3n) is 3.37. The molecule has 0 aliphatic carbocycles. The topological polar surface area (TPSA) is 70.0 Å². The van der Waals surface area contributed by atoms with Gasteiger partial charge in [-0.05, 0) is 43.9 Å². The Hall–Kier alpha value is -1.38. The van der Waals surface area contributed by atoms with E-state index in [1.807, 2.05) is 32.9 Å². The van der Waals surface area contributed by atoms with Crippen LogP contribution in [0.25, 0.3) is 0 Å². The minimum atomic E-state index is -3.70. The van der Waals surface area contributed by atoms with Crippen molar-refractivity contribution in [2.75, 3.05) is 0 Å². The number of rotatable bonds is 4. The Bertz CT molecular complexity index is 615. The van der Waals surface area contributed by atoms with Crippen molar-refractivity contribution in [2.24, 2.45) is 5.92 Å². The van der Waals surface area contributed by atoms with E-state index in [9.17, 15) is 13.7 Å². The van der Waals surface area contributed by atoms with Crippen LogP contribution in [0.15, 0.2) is 23.1 Å². The minimum absolute atomic E-state index is 0.127. The maximum atomic E-state index is 12.4. The molecule has 0 spiro atoms. The molecule has 0 aliphatic rings. The second-order valence-corrected chi connectivity index (χ2v) is 6.99. The second kappa shape index (κ2) is 5.32. The molecule has 5 heteroatoms. The van der Waals surface area contributed by atoms with Crippen molar-refractivity contribution in [1.29, 1.82) is 5.26 Å². The van der Waals surface area contributed by atoms with Crippen molar-refractivity contribution in [3.05, 3.63) is 29.3 Å². The highest BCUT2D eigenvalue weighted by Gasteiger charge is 2.34. The van der Waals surface area contributed by atoms with Gasteiger partial charge in [0.1, 0.15) is 5.54 Å². The summed E-state index contributed by atoms with van der Waals surface area (Å²) in [5, 5.41) is 9.21. The molecule has 1 atom stereocenters. The summed E-state index contributed by atoms with van der Waals surface area (Å²) >= 11 is 0. The van der Waals surface area contributed by atoms with Gasteiger partial charge in [-0.25, -0.2) is 8.42 Å². The lowest BCUT2D eigenvalue weighted by molar-refractivity contribution is 0.388. The number of sulfonamides is 1. The molecule has 0 aliphatic heterocycles. The molecular weight excluding hydrogens is 260 g/mol. The number of hydrogen-bond acceptors (Lipinski definition) is 3. The zero-order valence-corrected chi connectivity index (χ0v) is 12.8. The average molecular weight is 280 g/mol. The maximum Gasteiger partial charge on any atom is 0.242 e. The molecule has 19 heavy (non-hydrogen) atoms. The van der Waals surface area contributed by atoms with E-state index in [-0.39, 0.29) is 10.8 Å². The third-order valence-corrected chi connectivity index (χ3v) is 5.08. The predicted octanol–water partition coefficient (Wildman–Crippen LogP) is 2.52. The summed E-state index contributed by atoms with van der Waals surface area (Å²) in [6.45, 7) is 8.81. The van der Waals surface area contributed by atoms with Gasteiger partial charge in [-0.1, -0.05) is 26.0 Å². The van der Waals surface area contributed by atoms with Crippen molar-refractivity contribution in [3.8, 4) is 6.07 Å². The zero-order chi connectivity index (χ0) is 14.8. The van der Waals surface area contributed by atoms with Crippen LogP contribution in [-0.2, 0) is 10.0 Å². The monoisotopic (exact) mass is 280 g/mol. The maximum absolute atomic E-state index is 12.4. The summed E-state index contributed by atoms with van der Waals surface area (Å²) < 4.78 is 27.4. The molecule has 0 saturated heterocycles. The Kier molecular flexibility index (Phi) is 4.39. The van der Waals surface area contributed by atoms with E-state index in [1.165, 1.54) is 0 Å². The standard InChI is InChI=1S/C14H20N2O2S/c1-10(2)14(5,9-15)16-19(17,18)13-8-11(3)6-7-12(13)4/h6-8,10,16H,1-5H3/t14-/m1/s1. The lowest BCUT2D eigenvalue weighted by atomic mass is 9.92. The number of hydrogen-bond donors (Lipinski definition) is 1. The fraction of sp³-hybridized carbons (Fsp3) is 0.500. The fourth-order valence-electron chi connectivity index (χ4n) is 1.60. The summed E-state index contributed by atoms with van der Waals surface area (Å²) in [5.74, 6) is -0.127. The minimum Gasteiger partial charge on any atom is -0.207 e. The van der Waals surface area contributed by atoms with E-state index in [0.29, 0.717) is 5.56 Å². The molecule has 0 radical (unpaired) electrons. The van der Waals surface area contributed by atoms with E-state index in [4.69, 9.17) is 0 Å². The van der Waals surface area contributed by atoms with Crippen molar-refractivity contribution < 1.29 is 8.42 Å². The Morgan fingerprint density at radius 1 is 1.32 bits per heavy atom. The molecule has 0 heterocycles. The highest BCUT2D eigenvalue weighted by molar-refractivity contribution is 7.89.